The molecule has 0 bridgehead atoms. The monoisotopic (exact) mass is 274 g/mol. The van der Waals surface area contributed by atoms with Crippen molar-refractivity contribution in [1.82, 2.24) is 10.2 Å². The molecule has 20 heavy (non-hydrogen) atoms. The summed E-state index contributed by atoms with van der Waals surface area (Å²) in [6.45, 7) is 13.9. The molecule has 2 heteroatoms. The summed E-state index contributed by atoms with van der Waals surface area (Å²) < 4.78 is 0. The highest BCUT2D eigenvalue weighted by Crippen LogP contribution is 2.23. The lowest BCUT2D eigenvalue weighted by Crippen LogP contribution is -2.46. The van der Waals surface area contributed by atoms with Crippen LogP contribution in [0.25, 0.3) is 0 Å². The Balaban J connectivity index is 1.98. The Morgan fingerprint density at radius 1 is 1.15 bits per heavy atom. The summed E-state index contributed by atoms with van der Waals surface area (Å²) >= 11 is 0. The molecule has 1 aliphatic rings. The largest absolute Gasteiger partial charge is 0.315 e. The summed E-state index contributed by atoms with van der Waals surface area (Å²) in [5.74, 6) is 0. The molecule has 0 radical (unpaired) electrons. The number of nitrogens with one attached hydrogen (secondary N) is 1. The molecule has 1 aromatic rings. The fourth-order valence-corrected chi connectivity index (χ4v) is 3.12. The van der Waals surface area contributed by atoms with E-state index in [1.54, 1.807) is 0 Å². The zero-order valence-corrected chi connectivity index (χ0v) is 13.6. The Morgan fingerprint density at radius 3 is 2.75 bits per heavy atom. The van der Waals surface area contributed by atoms with E-state index in [4.69, 9.17) is 0 Å². The lowest BCUT2D eigenvalue weighted by atomic mass is 9.91. The third-order valence-corrected chi connectivity index (χ3v) is 4.71. The minimum absolute atomic E-state index is 0.294. The van der Waals surface area contributed by atoms with E-state index in [9.17, 15) is 0 Å². The molecule has 112 valence electrons. The number of hydrogen-bond acceptors (Lipinski definition) is 2. The van der Waals surface area contributed by atoms with E-state index in [-0.39, 0.29) is 0 Å². The van der Waals surface area contributed by atoms with Gasteiger partial charge in [0.2, 0.25) is 0 Å². The molecule has 2 rings (SSSR count). The van der Waals surface area contributed by atoms with Crippen LogP contribution in [0, 0.1) is 13.8 Å². The second-order valence-corrected chi connectivity index (χ2v) is 6.83. The van der Waals surface area contributed by atoms with E-state index in [1.165, 1.54) is 55.6 Å². The Labute approximate surface area is 124 Å². The quantitative estimate of drug-likeness (QED) is 0.906. The summed E-state index contributed by atoms with van der Waals surface area (Å²) in [6, 6.07) is 6.83. The Kier molecular flexibility index (Phi) is 5.22. The van der Waals surface area contributed by atoms with Crippen molar-refractivity contribution in [2.45, 2.75) is 52.5 Å². The van der Waals surface area contributed by atoms with Crippen molar-refractivity contribution in [3.63, 3.8) is 0 Å². The van der Waals surface area contributed by atoms with E-state index in [2.05, 4.69) is 56.1 Å². The van der Waals surface area contributed by atoms with Crippen LogP contribution in [0.15, 0.2) is 18.2 Å². The molecule has 0 atom stereocenters. The molecule has 0 amide bonds. The number of nitrogens with zero attached hydrogens (tertiary/aromatic N) is 1. The Bertz CT molecular complexity index is 429. The SMILES string of the molecule is Cc1ccc(C)c(CCC(C)(C)N2CCCNCC2)c1. The molecule has 0 unspecified atom stereocenters. The van der Waals surface area contributed by atoms with Gasteiger partial charge in [-0.3, -0.25) is 4.90 Å². The van der Waals surface area contributed by atoms with Crippen molar-refractivity contribution >= 4 is 0 Å². The van der Waals surface area contributed by atoms with Crippen LogP contribution in [0.4, 0.5) is 0 Å². The maximum atomic E-state index is 3.50. The van der Waals surface area contributed by atoms with Gasteiger partial charge in [0, 0.05) is 18.6 Å². The maximum Gasteiger partial charge on any atom is 0.0156 e. The fourth-order valence-electron chi connectivity index (χ4n) is 3.12. The van der Waals surface area contributed by atoms with Crippen molar-refractivity contribution in [3.8, 4) is 0 Å². The van der Waals surface area contributed by atoms with Gasteiger partial charge in [0.1, 0.15) is 0 Å². The average Bonchev–Trinajstić information content (AvgIpc) is 2.69. The van der Waals surface area contributed by atoms with Crippen LogP contribution in [0.2, 0.25) is 0 Å². The van der Waals surface area contributed by atoms with Crippen LogP contribution >= 0.6 is 0 Å². The smallest absolute Gasteiger partial charge is 0.0156 e. The normalized spacial score (nSPS) is 18.0. The van der Waals surface area contributed by atoms with Gasteiger partial charge in [0.15, 0.2) is 0 Å². The second-order valence-electron chi connectivity index (χ2n) is 6.83. The molecule has 0 aliphatic carbocycles. The van der Waals surface area contributed by atoms with Crippen LogP contribution in [-0.4, -0.2) is 36.6 Å². The van der Waals surface area contributed by atoms with Gasteiger partial charge in [-0.25, -0.2) is 0 Å². The first-order valence-electron chi connectivity index (χ1n) is 8.01. The van der Waals surface area contributed by atoms with Gasteiger partial charge in [0.05, 0.1) is 0 Å². The molecule has 2 nitrogen and oxygen atoms in total. The molecule has 1 aromatic carbocycles. The predicted molar refractivity (Wildman–Crippen MR) is 87.4 cm³/mol. The summed E-state index contributed by atoms with van der Waals surface area (Å²) in [5, 5.41) is 3.50. The third kappa shape index (κ3) is 4.07. The molecule has 0 saturated carbocycles. The standard InChI is InChI=1S/C18H30N2/c1-15-6-7-16(2)17(14-15)8-9-18(3,4)20-12-5-10-19-11-13-20/h6-7,14,19H,5,8-13H2,1-4H3. The summed E-state index contributed by atoms with van der Waals surface area (Å²) in [5.41, 5.74) is 4.62. The van der Waals surface area contributed by atoms with Crippen molar-refractivity contribution in [2.24, 2.45) is 0 Å². The maximum absolute atomic E-state index is 3.50. The minimum atomic E-state index is 0.294. The highest BCUT2D eigenvalue weighted by Gasteiger charge is 2.26. The average molecular weight is 274 g/mol. The Hall–Kier alpha value is -0.860. The van der Waals surface area contributed by atoms with Gasteiger partial charge < -0.3 is 5.32 Å². The first-order valence-corrected chi connectivity index (χ1v) is 8.01. The van der Waals surface area contributed by atoms with Crippen LogP contribution in [-0.2, 0) is 6.42 Å². The van der Waals surface area contributed by atoms with Gasteiger partial charge in [-0.2, -0.15) is 0 Å². The van der Waals surface area contributed by atoms with Gasteiger partial charge in [0.25, 0.3) is 0 Å². The molecule has 1 fully saturated rings. The van der Waals surface area contributed by atoms with Gasteiger partial charge in [-0.05, 0) is 71.2 Å². The topological polar surface area (TPSA) is 15.3 Å². The highest BCUT2D eigenvalue weighted by atomic mass is 15.2. The molecule has 1 N–H and O–H groups in total. The van der Waals surface area contributed by atoms with E-state index in [1.807, 2.05) is 0 Å². The number of rotatable bonds is 4. The zero-order chi connectivity index (χ0) is 14.6. The van der Waals surface area contributed by atoms with Gasteiger partial charge in [-0.15, -0.1) is 0 Å². The number of benzene rings is 1. The minimum Gasteiger partial charge on any atom is -0.315 e. The molecule has 1 saturated heterocycles. The molecule has 0 aromatic heterocycles. The van der Waals surface area contributed by atoms with Gasteiger partial charge >= 0.3 is 0 Å². The van der Waals surface area contributed by atoms with Crippen LogP contribution in [0.5, 0.6) is 0 Å². The van der Waals surface area contributed by atoms with Crippen molar-refractivity contribution in [2.75, 3.05) is 26.2 Å². The van der Waals surface area contributed by atoms with E-state index in [0.717, 1.165) is 6.54 Å². The van der Waals surface area contributed by atoms with E-state index in [0.29, 0.717) is 5.54 Å². The first kappa shape index (κ1) is 15.5. The zero-order valence-electron chi connectivity index (χ0n) is 13.6. The van der Waals surface area contributed by atoms with Crippen molar-refractivity contribution in [3.05, 3.63) is 34.9 Å². The predicted octanol–water partition coefficient (Wildman–Crippen LogP) is 3.31. The lowest BCUT2D eigenvalue weighted by Gasteiger charge is -2.38. The molecular weight excluding hydrogens is 244 g/mol. The fraction of sp³-hybridized carbons (Fsp3) is 0.667. The third-order valence-electron chi connectivity index (χ3n) is 4.71. The molecule has 1 heterocycles. The summed E-state index contributed by atoms with van der Waals surface area (Å²) in [4.78, 5) is 2.66. The lowest BCUT2D eigenvalue weighted by molar-refractivity contribution is 0.120. The van der Waals surface area contributed by atoms with Gasteiger partial charge in [-0.1, -0.05) is 23.8 Å². The first-order chi connectivity index (χ1) is 9.49. The van der Waals surface area contributed by atoms with Crippen LogP contribution in [0.1, 0.15) is 43.4 Å². The summed E-state index contributed by atoms with van der Waals surface area (Å²) in [7, 11) is 0. The molecular formula is C18H30N2. The molecule has 1 aliphatic heterocycles. The van der Waals surface area contributed by atoms with Crippen molar-refractivity contribution in [1.29, 1.82) is 0 Å². The van der Waals surface area contributed by atoms with Crippen LogP contribution in [0.3, 0.4) is 0 Å². The van der Waals surface area contributed by atoms with Crippen molar-refractivity contribution < 1.29 is 0 Å². The van der Waals surface area contributed by atoms with E-state index < -0.39 is 0 Å². The number of aryl methyl sites for hydroxylation is 3. The van der Waals surface area contributed by atoms with E-state index >= 15 is 0 Å². The summed E-state index contributed by atoms with van der Waals surface area (Å²) in [6.07, 6.45) is 3.69. The number of hydrogen-bond donors (Lipinski definition) is 1. The second kappa shape index (κ2) is 6.73. The highest BCUT2D eigenvalue weighted by molar-refractivity contribution is 5.30. The van der Waals surface area contributed by atoms with Crippen LogP contribution < -0.4 is 5.32 Å². The molecule has 0 spiro atoms. The Morgan fingerprint density at radius 2 is 1.95 bits per heavy atom.